The minimum Gasteiger partial charge on any atom is -0.389 e. The monoisotopic (exact) mass is 190 g/mol. The van der Waals surface area contributed by atoms with Gasteiger partial charge in [0.15, 0.2) is 0 Å². The molecule has 76 valence electrons. The molecule has 0 aromatic carbocycles. The Morgan fingerprint density at radius 2 is 2.00 bits per heavy atom. The van der Waals surface area contributed by atoms with E-state index in [9.17, 15) is 5.11 Å². The number of hydrogen-bond acceptors (Lipinski definition) is 1. The summed E-state index contributed by atoms with van der Waals surface area (Å²) in [5.41, 5.74) is 2.60. The molecule has 1 heteroatoms. The van der Waals surface area contributed by atoms with Crippen LogP contribution >= 0.6 is 0 Å². The first kappa shape index (κ1) is 9.72. The molecule has 2 aliphatic rings. The number of rotatable bonds is 0. The fourth-order valence-corrected chi connectivity index (χ4v) is 2.36. The molecule has 0 bridgehead atoms. The number of aliphatic hydroxyl groups excluding tert-OH is 1. The Morgan fingerprint density at radius 3 is 2.79 bits per heavy atom. The Hall–Kier alpha value is -0.820. The van der Waals surface area contributed by atoms with E-state index in [0.717, 1.165) is 12.8 Å². The molecule has 0 saturated heterocycles. The lowest BCUT2D eigenvalue weighted by atomic mass is 9.91. The third-order valence-corrected chi connectivity index (χ3v) is 3.21. The third kappa shape index (κ3) is 1.69. The first-order valence-corrected chi connectivity index (χ1v) is 5.46. The van der Waals surface area contributed by atoms with Crippen molar-refractivity contribution in [1.82, 2.24) is 0 Å². The lowest BCUT2D eigenvalue weighted by molar-refractivity contribution is 0.204. The minimum atomic E-state index is -0.206. The quantitative estimate of drug-likeness (QED) is 0.582. The summed E-state index contributed by atoms with van der Waals surface area (Å²) in [5.74, 6) is 0.916. The van der Waals surface area contributed by atoms with Gasteiger partial charge in [-0.1, -0.05) is 38.2 Å². The van der Waals surface area contributed by atoms with E-state index in [2.05, 4.69) is 38.2 Å². The molecule has 0 aromatic heterocycles. The molecule has 0 saturated carbocycles. The van der Waals surface area contributed by atoms with Crippen LogP contribution in [0.25, 0.3) is 0 Å². The molecule has 1 nitrogen and oxygen atoms in total. The van der Waals surface area contributed by atoms with Crippen molar-refractivity contribution < 1.29 is 5.11 Å². The highest BCUT2D eigenvalue weighted by molar-refractivity contribution is 5.37. The van der Waals surface area contributed by atoms with Gasteiger partial charge in [-0.05, 0) is 35.8 Å². The van der Waals surface area contributed by atoms with Gasteiger partial charge in [0, 0.05) is 0 Å². The average Bonchev–Trinajstić information content (AvgIpc) is 2.50. The van der Waals surface area contributed by atoms with Crippen LogP contribution in [0.4, 0.5) is 0 Å². The van der Waals surface area contributed by atoms with Crippen LogP contribution in [-0.2, 0) is 0 Å². The predicted octanol–water partition coefficient (Wildman–Crippen LogP) is 2.84. The summed E-state index contributed by atoms with van der Waals surface area (Å²) in [6, 6.07) is 0. The highest BCUT2D eigenvalue weighted by Crippen LogP contribution is 2.34. The van der Waals surface area contributed by atoms with Gasteiger partial charge >= 0.3 is 0 Å². The normalized spacial score (nSPS) is 41.5. The van der Waals surface area contributed by atoms with E-state index in [1.807, 2.05) is 0 Å². The molecule has 0 aliphatic heterocycles. The Balaban J connectivity index is 2.37. The van der Waals surface area contributed by atoms with Crippen LogP contribution in [0.15, 0.2) is 35.5 Å². The van der Waals surface area contributed by atoms with Crippen molar-refractivity contribution in [3.05, 3.63) is 35.5 Å². The highest BCUT2D eigenvalue weighted by atomic mass is 16.3. The molecule has 3 atom stereocenters. The summed E-state index contributed by atoms with van der Waals surface area (Å²) in [5, 5.41) is 9.85. The SMILES string of the molecule is CC1/C=C\C2=C(C(C)/C=C\1)C(O)CC2. The second-order valence-electron chi connectivity index (χ2n) is 4.43. The minimum absolute atomic E-state index is 0.206. The van der Waals surface area contributed by atoms with Crippen LogP contribution in [0.3, 0.4) is 0 Å². The summed E-state index contributed by atoms with van der Waals surface area (Å²) in [6.45, 7) is 4.36. The maximum atomic E-state index is 9.85. The Morgan fingerprint density at radius 1 is 1.21 bits per heavy atom. The van der Waals surface area contributed by atoms with Gasteiger partial charge in [0.1, 0.15) is 0 Å². The molecule has 0 amide bonds. The smallest absolute Gasteiger partial charge is 0.0764 e. The second kappa shape index (κ2) is 3.74. The van der Waals surface area contributed by atoms with Crippen LogP contribution in [0.2, 0.25) is 0 Å². The molecule has 0 spiro atoms. The van der Waals surface area contributed by atoms with Crippen LogP contribution in [0, 0.1) is 11.8 Å². The third-order valence-electron chi connectivity index (χ3n) is 3.21. The molecule has 1 N–H and O–H groups in total. The van der Waals surface area contributed by atoms with Crippen LogP contribution in [0.1, 0.15) is 26.7 Å². The summed E-state index contributed by atoms with van der Waals surface area (Å²) < 4.78 is 0. The van der Waals surface area contributed by atoms with E-state index in [1.54, 1.807) is 0 Å². The summed E-state index contributed by atoms with van der Waals surface area (Å²) >= 11 is 0. The summed E-state index contributed by atoms with van der Waals surface area (Å²) in [6.07, 6.45) is 10.6. The Kier molecular flexibility index (Phi) is 2.60. The molecule has 2 aliphatic carbocycles. The topological polar surface area (TPSA) is 20.2 Å². The summed E-state index contributed by atoms with van der Waals surface area (Å²) in [7, 11) is 0. The van der Waals surface area contributed by atoms with Crippen molar-refractivity contribution in [2.45, 2.75) is 32.8 Å². The van der Waals surface area contributed by atoms with Gasteiger partial charge in [-0.2, -0.15) is 0 Å². The maximum Gasteiger partial charge on any atom is 0.0764 e. The molecule has 0 aromatic rings. The van der Waals surface area contributed by atoms with Crippen LogP contribution in [0.5, 0.6) is 0 Å². The van der Waals surface area contributed by atoms with E-state index in [1.165, 1.54) is 11.1 Å². The number of aliphatic hydroxyl groups is 1. The van der Waals surface area contributed by atoms with Crippen LogP contribution < -0.4 is 0 Å². The van der Waals surface area contributed by atoms with E-state index < -0.39 is 0 Å². The van der Waals surface area contributed by atoms with E-state index >= 15 is 0 Å². The first-order chi connectivity index (χ1) is 6.68. The van der Waals surface area contributed by atoms with E-state index in [0.29, 0.717) is 11.8 Å². The highest BCUT2D eigenvalue weighted by Gasteiger charge is 2.25. The molecular weight excluding hydrogens is 172 g/mol. The lowest BCUT2D eigenvalue weighted by Crippen LogP contribution is -2.11. The second-order valence-corrected chi connectivity index (χ2v) is 4.43. The zero-order valence-corrected chi connectivity index (χ0v) is 8.90. The largest absolute Gasteiger partial charge is 0.389 e. The van der Waals surface area contributed by atoms with Gasteiger partial charge in [0.05, 0.1) is 6.10 Å². The predicted molar refractivity (Wildman–Crippen MR) is 58.9 cm³/mol. The molecule has 0 radical (unpaired) electrons. The molecular formula is C13H18O. The van der Waals surface area contributed by atoms with Crippen LogP contribution in [-0.4, -0.2) is 11.2 Å². The number of allylic oxidation sites excluding steroid dienone is 5. The van der Waals surface area contributed by atoms with Crippen molar-refractivity contribution in [2.24, 2.45) is 11.8 Å². The lowest BCUT2D eigenvalue weighted by Gasteiger charge is -2.16. The zero-order chi connectivity index (χ0) is 10.1. The zero-order valence-electron chi connectivity index (χ0n) is 8.90. The molecule has 2 rings (SSSR count). The Bertz CT molecular complexity index is 309. The molecule has 14 heavy (non-hydrogen) atoms. The van der Waals surface area contributed by atoms with Gasteiger partial charge in [-0.25, -0.2) is 0 Å². The van der Waals surface area contributed by atoms with Gasteiger partial charge in [0.25, 0.3) is 0 Å². The Labute approximate surface area is 85.8 Å². The van der Waals surface area contributed by atoms with Crippen molar-refractivity contribution in [2.75, 3.05) is 0 Å². The number of hydrogen-bond donors (Lipinski definition) is 1. The van der Waals surface area contributed by atoms with E-state index in [-0.39, 0.29) is 6.10 Å². The van der Waals surface area contributed by atoms with Crippen molar-refractivity contribution in [1.29, 1.82) is 0 Å². The average molecular weight is 190 g/mol. The standard InChI is InChI=1S/C13H18O/c1-9-3-5-10(2)13-11(6-4-9)7-8-12(13)14/h3-6,9-10,12,14H,7-8H2,1-2H3/b5-3-,6-4-. The van der Waals surface area contributed by atoms with E-state index in [4.69, 9.17) is 0 Å². The molecule has 0 heterocycles. The van der Waals surface area contributed by atoms with Gasteiger partial charge < -0.3 is 5.11 Å². The fourth-order valence-electron chi connectivity index (χ4n) is 2.36. The van der Waals surface area contributed by atoms with Gasteiger partial charge in [-0.3, -0.25) is 0 Å². The van der Waals surface area contributed by atoms with Crippen molar-refractivity contribution >= 4 is 0 Å². The van der Waals surface area contributed by atoms with Crippen molar-refractivity contribution in [3.8, 4) is 0 Å². The first-order valence-electron chi connectivity index (χ1n) is 5.46. The van der Waals surface area contributed by atoms with Crippen molar-refractivity contribution in [3.63, 3.8) is 0 Å². The van der Waals surface area contributed by atoms with Gasteiger partial charge in [-0.15, -0.1) is 0 Å². The summed E-state index contributed by atoms with van der Waals surface area (Å²) in [4.78, 5) is 0. The van der Waals surface area contributed by atoms with Gasteiger partial charge in [0.2, 0.25) is 0 Å². The fraction of sp³-hybridized carbons (Fsp3) is 0.538. The maximum absolute atomic E-state index is 9.85. The molecule has 0 fully saturated rings. The molecule has 3 unspecified atom stereocenters.